The van der Waals surface area contributed by atoms with E-state index in [0.717, 1.165) is 17.0 Å². The highest BCUT2D eigenvalue weighted by atomic mass is 16.5. The van der Waals surface area contributed by atoms with Crippen molar-refractivity contribution in [3.05, 3.63) is 53.4 Å². The van der Waals surface area contributed by atoms with E-state index in [1.54, 1.807) is 25.3 Å². The number of nitrogens with zero attached hydrogens (tertiary/aromatic N) is 2. The van der Waals surface area contributed by atoms with Gasteiger partial charge in [0.25, 0.3) is 5.91 Å². The second kappa shape index (κ2) is 6.47. The summed E-state index contributed by atoms with van der Waals surface area (Å²) in [4.78, 5) is 12.7. The van der Waals surface area contributed by atoms with Gasteiger partial charge in [0.05, 0.1) is 19.9 Å². The zero-order valence-corrected chi connectivity index (χ0v) is 13.3. The summed E-state index contributed by atoms with van der Waals surface area (Å²) in [6.45, 7) is 7.52. The lowest BCUT2D eigenvalue weighted by molar-refractivity contribution is 0.0942. The molecule has 5 heteroatoms. The summed E-state index contributed by atoms with van der Waals surface area (Å²) < 4.78 is 11.9. The van der Waals surface area contributed by atoms with E-state index < -0.39 is 0 Å². The molecular weight excluding hydrogens is 280 g/mol. The molecule has 0 amide bonds. The van der Waals surface area contributed by atoms with Crippen LogP contribution in [0.2, 0.25) is 0 Å². The van der Waals surface area contributed by atoms with Gasteiger partial charge in [-0.2, -0.15) is 5.10 Å². The van der Waals surface area contributed by atoms with Gasteiger partial charge in [0.2, 0.25) is 0 Å². The van der Waals surface area contributed by atoms with Gasteiger partial charge in [0, 0.05) is 16.8 Å². The minimum atomic E-state index is -0.197. The van der Waals surface area contributed by atoms with Crippen LogP contribution in [0.4, 0.5) is 0 Å². The number of carbonyl (C=O) groups is 1. The van der Waals surface area contributed by atoms with Crippen LogP contribution in [-0.4, -0.2) is 29.9 Å². The topological polar surface area (TPSA) is 53.4 Å². The number of hydrogen-bond acceptors (Lipinski definition) is 4. The van der Waals surface area contributed by atoms with E-state index in [9.17, 15) is 4.79 Å². The van der Waals surface area contributed by atoms with Gasteiger partial charge in [-0.1, -0.05) is 6.08 Å². The van der Waals surface area contributed by atoms with Crippen LogP contribution in [0.15, 0.2) is 30.9 Å². The molecule has 0 atom stereocenters. The predicted molar refractivity (Wildman–Crippen MR) is 84.9 cm³/mol. The van der Waals surface area contributed by atoms with Crippen molar-refractivity contribution in [2.75, 3.05) is 14.2 Å². The summed E-state index contributed by atoms with van der Waals surface area (Å²) in [6, 6.07) is 5.07. The van der Waals surface area contributed by atoms with E-state index in [1.165, 1.54) is 11.8 Å². The van der Waals surface area contributed by atoms with Crippen LogP contribution in [0.3, 0.4) is 0 Å². The lowest BCUT2D eigenvalue weighted by Crippen LogP contribution is -2.15. The van der Waals surface area contributed by atoms with Crippen LogP contribution in [0, 0.1) is 13.8 Å². The van der Waals surface area contributed by atoms with Crippen molar-refractivity contribution in [3.63, 3.8) is 0 Å². The Balaban J connectivity index is 2.44. The number of aryl methyl sites for hydroxylation is 1. The Morgan fingerprint density at radius 2 is 1.95 bits per heavy atom. The van der Waals surface area contributed by atoms with Crippen molar-refractivity contribution < 1.29 is 14.3 Å². The zero-order chi connectivity index (χ0) is 16.3. The number of allylic oxidation sites excluding steroid dienone is 1. The molecule has 0 aliphatic carbocycles. The van der Waals surface area contributed by atoms with E-state index in [1.807, 2.05) is 19.9 Å². The van der Waals surface area contributed by atoms with Gasteiger partial charge in [-0.3, -0.25) is 4.79 Å². The fourth-order valence-electron chi connectivity index (χ4n) is 2.40. The Morgan fingerprint density at radius 1 is 1.27 bits per heavy atom. The highest BCUT2D eigenvalue weighted by Crippen LogP contribution is 2.28. The van der Waals surface area contributed by atoms with Crippen molar-refractivity contribution >= 4 is 5.91 Å². The Bertz CT molecular complexity index is 717. The van der Waals surface area contributed by atoms with Gasteiger partial charge < -0.3 is 9.47 Å². The first-order valence-electron chi connectivity index (χ1n) is 6.96. The zero-order valence-electron chi connectivity index (χ0n) is 13.3. The molecule has 2 aromatic rings. The van der Waals surface area contributed by atoms with Gasteiger partial charge in [-0.15, -0.1) is 6.58 Å². The fourth-order valence-corrected chi connectivity index (χ4v) is 2.40. The first-order valence-corrected chi connectivity index (χ1v) is 6.96. The second-order valence-electron chi connectivity index (χ2n) is 4.93. The van der Waals surface area contributed by atoms with E-state index in [4.69, 9.17) is 9.47 Å². The SMILES string of the molecule is C=CCc1c(C)nn(C(=O)c2ccc(OC)c(OC)c2)c1C. The van der Waals surface area contributed by atoms with Crippen molar-refractivity contribution in [2.24, 2.45) is 0 Å². The molecule has 0 N–H and O–H groups in total. The van der Waals surface area contributed by atoms with Crippen molar-refractivity contribution in [2.45, 2.75) is 20.3 Å². The monoisotopic (exact) mass is 300 g/mol. The first-order chi connectivity index (χ1) is 10.5. The van der Waals surface area contributed by atoms with Gasteiger partial charge in [0.15, 0.2) is 11.5 Å². The molecule has 1 aromatic carbocycles. The molecule has 0 fully saturated rings. The second-order valence-corrected chi connectivity index (χ2v) is 4.93. The molecule has 1 heterocycles. The van der Waals surface area contributed by atoms with Crippen molar-refractivity contribution in [3.8, 4) is 11.5 Å². The number of rotatable bonds is 5. The number of benzene rings is 1. The molecule has 0 saturated heterocycles. The van der Waals surface area contributed by atoms with Crippen LogP contribution in [0.5, 0.6) is 11.5 Å². The predicted octanol–water partition coefficient (Wildman–Crippen LogP) is 2.93. The first kappa shape index (κ1) is 15.8. The molecule has 22 heavy (non-hydrogen) atoms. The van der Waals surface area contributed by atoms with E-state index in [0.29, 0.717) is 23.5 Å². The largest absolute Gasteiger partial charge is 0.493 e. The quantitative estimate of drug-likeness (QED) is 0.797. The minimum Gasteiger partial charge on any atom is -0.493 e. The summed E-state index contributed by atoms with van der Waals surface area (Å²) in [7, 11) is 3.10. The number of ether oxygens (including phenoxy) is 2. The number of hydrogen-bond donors (Lipinski definition) is 0. The molecule has 0 unspecified atom stereocenters. The Morgan fingerprint density at radius 3 is 2.55 bits per heavy atom. The van der Waals surface area contributed by atoms with Gasteiger partial charge >= 0.3 is 0 Å². The average molecular weight is 300 g/mol. The van der Waals surface area contributed by atoms with Gasteiger partial charge in [0.1, 0.15) is 0 Å². The number of carbonyl (C=O) groups excluding carboxylic acids is 1. The molecule has 1 aromatic heterocycles. The van der Waals surface area contributed by atoms with Crippen LogP contribution in [0.25, 0.3) is 0 Å². The third kappa shape index (κ3) is 2.74. The van der Waals surface area contributed by atoms with E-state index in [-0.39, 0.29) is 5.91 Å². The number of aromatic nitrogens is 2. The molecule has 0 aliphatic heterocycles. The summed E-state index contributed by atoms with van der Waals surface area (Å²) in [5, 5.41) is 4.35. The van der Waals surface area contributed by atoms with Gasteiger partial charge in [-0.25, -0.2) is 4.68 Å². The maximum atomic E-state index is 12.7. The summed E-state index contributed by atoms with van der Waals surface area (Å²) in [5.74, 6) is 0.901. The summed E-state index contributed by atoms with van der Waals surface area (Å²) in [5.41, 5.74) is 3.20. The van der Waals surface area contributed by atoms with E-state index >= 15 is 0 Å². The molecule has 0 bridgehead atoms. The molecule has 2 rings (SSSR count). The Hall–Kier alpha value is -2.56. The van der Waals surface area contributed by atoms with Crippen molar-refractivity contribution in [1.82, 2.24) is 9.78 Å². The molecule has 5 nitrogen and oxygen atoms in total. The maximum absolute atomic E-state index is 12.7. The average Bonchev–Trinajstić information content (AvgIpc) is 2.82. The van der Waals surface area contributed by atoms with Crippen molar-refractivity contribution in [1.29, 1.82) is 0 Å². The maximum Gasteiger partial charge on any atom is 0.278 e. The molecule has 0 spiro atoms. The van der Waals surface area contributed by atoms with Crippen LogP contribution in [0.1, 0.15) is 27.3 Å². The molecule has 0 radical (unpaired) electrons. The van der Waals surface area contributed by atoms with Gasteiger partial charge in [-0.05, 0) is 38.5 Å². The normalized spacial score (nSPS) is 10.4. The minimum absolute atomic E-state index is 0.197. The van der Waals surface area contributed by atoms with E-state index in [2.05, 4.69) is 11.7 Å². The third-order valence-corrected chi connectivity index (χ3v) is 3.61. The smallest absolute Gasteiger partial charge is 0.278 e. The summed E-state index contributed by atoms with van der Waals surface area (Å²) >= 11 is 0. The molecule has 116 valence electrons. The standard InChI is InChI=1S/C17H20N2O3/c1-6-7-14-11(2)18-19(12(14)3)17(20)13-8-9-15(21-4)16(10-13)22-5/h6,8-10H,1,7H2,2-5H3. The highest BCUT2D eigenvalue weighted by Gasteiger charge is 2.18. The summed E-state index contributed by atoms with van der Waals surface area (Å²) in [6.07, 6.45) is 2.50. The fraction of sp³-hybridized carbons (Fsp3) is 0.294. The Labute approximate surface area is 130 Å². The lowest BCUT2D eigenvalue weighted by Gasteiger charge is -2.09. The van der Waals surface area contributed by atoms with Crippen LogP contribution in [-0.2, 0) is 6.42 Å². The van der Waals surface area contributed by atoms with Crippen LogP contribution < -0.4 is 9.47 Å². The molecular formula is C17H20N2O3. The third-order valence-electron chi connectivity index (χ3n) is 3.61. The Kier molecular flexibility index (Phi) is 4.65. The molecule has 0 saturated carbocycles. The lowest BCUT2D eigenvalue weighted by atomic mass is 10.1. The molecule has 0 aliphatic rings. The number of methoxy groups -OCH3 is 2. The highest BCUT2D eigenvalue weighted by molar-refractivity contribution is 5.96. The van der Waals surface area contributed by atoms with Crippen LogP contribution >= 0.6 is 0 Å².